The number of carbonyl (C=O) groups is 1. The lowest BCUT2D eigenvalue weighted by molar-refractivity contribution is 0.0938. The third kappa shape index (κ3) is 2.08. The standard InChI is InChI=1S/C8H12N3O/c1-5(2)10-8(12)7-4-9-6(3)11-7/h5H,1-3H3,(H,9,11)(H,10,12). The molecule has 1 heterocycles. The molecule has 0 aliphatic carbocycles. The molecule has 0 bridgehead atoms. The molecule has 65 valence electrons. The van der Waals surface area contributed by atoms with Crippen LogP contribution in [-0.2, 0) is 0 Å². The van der Waals surface area contributed by atoms with Crippen molar-refractivity contribution in [1.82, 2.24) is 15.3 Å². The van der Waals surface area contributed by atoms with Crippen LogP contribution in [0.1, 0.15) is 30.2 Å². The highest BCUT2D eigenvalue weighted by atomic mass is 16.1. The van der Waals surface area contributed by atoms with Gasteiger partial charge in [-0.2, -0.15) is 0 Å². The molecule has 1 amide bonds. The van der Waals surface area contributed by atoms with Gasteiger partial charge in [-0.1, -0.05) is 0 Å². The van der Waals surface area contributed by atoms with Crippen LogP contribution in [0.3, 0.4) is 0 Å². The Morgan fingerprint density at radius 2 is 2.33 bits per heavy atom. The zero-order valence-electron chi connectivity index (χ0n) is 7.43. The van der Waals surface area contributed by atoms with Crippen LogP contribution in [0.15, 0.2) is 0 Å². The van der Waals surface area contributed by atoms with E-state index in [-0.39, 0.29) is 11.9 Å². The van der Waals surface area contributed by atoms with Crippen molar-refractivity contribution in [2.45, 2.75) is 26.8 Å². The van der Waals surface area contributed by atoms with Gasteiger partial charge in [-0.3, -0.25) is 4.79 Å². The molecular formula is C8H12N3O. The number of aromatic amines is 1. The van der Waals surface area contributed by atoms with Crippen molar-refractivity contribution in [3.05, 3.63) is 17.7 Å². The quantitative estimate of drug-likeness (QED) is 0.678. The van der Waals surface area contributed by atoms with E-state index in [9.17, 15) is 4.79 Å². The normalized spacial score (nSPS) is 10.3. The molecule has 1 radical (unpaired) electrons. The highest BCUT2D eigenvalue weighted by Gasteiger charge is 2.08. The largest absolute Gasteiger partial charge is 0.349 e. The molecule has 0 saturated heterocycles. The van der Waals surface area contributed by atoms with E-state index in [1.54, 1.807) is 6.92 Å². The van der Waals surface area contributed by atoms with E-state index in [1.165, 1.54) is 0 Å². The molecule has 0 atom stereocenters. The van der Waals surface area contributed by atoms with Crippen LogP contribution in [-0.4, -0.2) is 21.9 Å². The maximum atomic E-state index is 11.3. The molecular weight excluding hydrogens is 154 g/mol. The van der Waals surface area contributed by atoms with Crippen LogP contribution in [0.4, 0.5) is 0 Å². The topological polar surface area (TPSA) is 57.8 Å². The molecule has 0 saturated carbocycles. The van der Waals surface area contributed by atoms with Crippen molar-refractivity contribution in [3.8, 4) is 0 Å². The Balaban J connectivity index is 2.65. The summed E-state index contributed by atoms with van der Waals surface area (Å²) in [6, 6.07) is 0.134. The SMILES string of the molecule is Cc1n[c]c(C(=O)NC(C)C)[nH]1. The van der Waals surface area contributed by atoms with Gasteiger partial charge in [0.15, 0.2) is 0 Å². The molecule has 1 aromatic rings. The third-order valence-corrected chi connectivity index (χ3v) is 1.29. The van der Waals surface area contributed by atoms with E-state index in [2.05, 4.69) is 21.5 Å². The van der Waals surface area contributed by atoms with Crippen molar-refractivity contribution < 1.29 is 4.79 Å². The highest BCUT2D eigenvalue weighted by Crippen LogP contribution is 1.94. The highest BCUT2D eigenvalue weighted by molar-refractivity contribution is 5.91. The molecule has 0 aliphatic heterocycles. The summed E-state index contributed by atoms with van der Waals surface area (Å²) in [4.78, 5) is 17.9. The molecule has 4 heteroatoms. The number of carbonyl (C=O) groups excluding carboxylic acids is 1. The van der Waals surface area contributed by atoms with Crippen LogP contribution in [0, 0.1) is 13.1 Å². The first kappa shape index (κ1) is 8.77. The Hall–Kier alpha value is -1.32. The second-order valence-electron chi connectivity index (χ2n) is 2.94. The van der Waals surface area contributed by atoms with Gasteiger partial charge >= 0.3 is 0 Å². The summed E-state index contributed by atoms with van der Waals surface area (Å²) in [7, 11) is 0. The lowest BCUT2D eigenvalue weighted by Gasteiger charge is -2.05. The Labute approximate surface area is 71.4 Å². The Morgan fingerprint density at radius 3 is 2.75 bits per heavy atom. The maximum Gasteiger partial charge on any atom is 0.270 e. The minimum absolute atomic E-state index is 0.134. The number of H-pyrrole nitrogens is 1. The summed E-state index contributed by atoms with van der Waals surface area (Å²) < 4.78 is 0. The van der Waals surface area contributed by atoms with Gasteiger partial charge in [0, 0.05) is 6.04 Å². The van der Waals surface area contributed by atoms with Gasteiger partial charge in [-0.05, 0) is 20.8 Å². The summed E-state index contributed by atoms with van der Waals surface area (Å²) >= 11 is 0. The number of nitrogens with one attached hydrogen (secondary N) is 2. The second-order valence-corrected chi connectivity index (χ2v) is 2.94. The van der Waals surface area contributed by atoms with Gasteiger partial charge in [0.2, 0.25) is 0 Å². The molecule has 0 aliphatic rings. The van der Waals surface area contributed by atoms with E-state index < -0.39 is 0 Å². The van der Waals surface area contributed by atoms with Crippen molar-refractivity contribution in [2.24, 2.45) is 0 Å². The zero-order valence-corrected chi connectivity index (χ0v) is 7.43. The van der Waals surface area contributed by atoms with Gasteiger partial charge < -0.3 is 10.3 Å². The van der Waals surface area contributed by atoms with Gasteiger partial charge in [0.25, 0.3) is 5.91 Å². The Morgan fingerprint density at radius 1 is 1.67 bits per heavy atom. The minimum atomic E-state index is -0.161. The summed E-state index contributed by atoms with van der Waals surface area (Å²) in [5, 5.41) is 2.73. The number of hydrogen-bond acceptors (Lipinski definition) is 2. The van der Waals surface area contributed by atoms with E-state index in [0.717, 1.165) is 0 Å². The fraction of sp³-hybridized carbons (Fsp3) is 0.500. The minimum Gasteiger partial charge on any atom is -0.349 e. The number of aryl methyl sites for hydroxylation is 1. The fourth-order valence-corrected chi connectivity index (χ4v) is 0.818. The lowest BCUT2D eigenvalue weighted by atomic mass is 10.3. The number of nitrogens with zero attached hydrogens (tertiary/aromatic N) is 1. The molecule has 4 nitrogen and oxygen atoms in total. The van der Waals surface area contributed by atoms with E-state index in [1.807, 2.05) is 13.8 Å². The van der Waals surface area contributed by atoms with Gasteiger partial charge in [0.05, 0.1) is 0 Å². The number of hydrogen-bond donors (Lipinski definition) is 2. The van der Waals surface area contributed by atoms with Crippen LogP contribution < -0.4 is 5.32 Å². The zero-order chi connectivity index (χ0) is 9.14. The van der Waals surface area contributed by atoms with E-state index in [0.29, 0.717) is 11.5 Å². The van der Waals surface area contributed by atoms with E-state index in [4.69, 9.17) is 0 Å². The summed E-state index contributed by atoms with van der Waals surface area (Å²) in [6.45, 7) is 5.59. The number of aromatic nitrogens is 2. The Kier molecular flexibility index (Phi) is 2.47. The van der Waals surface area contributed by atoms with Crippen LogP contribution in [0.2, 0.25) is 0 Å². The molecule has 0 aromatic carbocycles. The smallest absolute Gasteiger partial charge is 0.270 e. The first-order chi connectivity index (χ1) is 5.59. The van der Waals surface area contributed by atoms with Gasteiger partial charge in [-0.25, -0.2) is 4.98 Å². The molecule has 1 aromatic heterocycles. The summed E-state index contributed by atoms with van der Waals surface area (Å²) in [6.07, 6.45) is 2.59. The van der Waals surface area contributed by atoms with Gasteiger partial charge in [-0.15, -0.1) is 0 Å². The maximum absolute atomic E-state index is 11.3. The van der Waals surface area contributed by atoms with Crippen LogP contribution in [0.5, 0.6) is 0 Å². The van der Waals surface area contributed by atoms with Crippen molar-refractivity contribution in [3.63, 3.8) is 0 Å². The van der Waals surface area contributed by atoms with Crippen molar-refractivity contribution in [1.29, 1.82) is 0 Å². The van der Waals surface area contributed by atoms with Crippen molar-refractivity contribution in [2.75, 3.05) is 0 Å². The summed E-state index contributed by atoms with van der Waals surface area (Å²) in [5.74, 6) is 0.537. The second kappa shape index (κ2) is 3.38. The average Bonchev–Trinajstić information content (AvgIpc) is 2.34. The number of amides is 1. The average molecular weight is 166 g/mol. The number of imidazole rings is 1. The molecule has 0 unspecified atom stereocenters. The van der Waals surface area contributed by atoms with Crippen molar-refractivity contribution >= 4 is 5.91 Å². The fourth-order valence-electron chi connectivity index (χ4n) is 0.818. The molecule has 0 fully saturated rings. The Bertz CT molecular complexity index is 278. The molecule has 12 heavy (non-hydrogen) atoms. The van der Waals surface area contributed by atoms with Crippen LogP contribution in [0.25, 0.3) is 0 Å². The molecule has 2 N–H and O–H groups in total. The molecule has 1 rings (SSSR count). The predicted molar refractivity (Wildman–Crippen MR) is 44.8 cm³/mol. The van der Waals surface area contributed by atoms with Gasteiger partial charge in [0.1, 0.15) is 17.7 Å². The predicted octanol–water partition coefficient (Wildman–Crippen LogP) is 0.657. The van der Waals surface area contributed by atoms with Crippen LogP contribution >= 0.6 is 0 Å². The molecule has 0 spiro atoms. The monoisotopic (exact) mass is 166 g/mol. The third-order valence-electron chi connectivity index (χ3n) is 1.29. The first-order valence-corrected chi connectivity index (χ1v) is 3.84. The van der Waals surface area contributed by atoms with E-state index >= 15 is 0 Å². The lowest BCUT2D eigenvalue weighted by Crippen LogP contribution is -2.30. The first-order valence-electron chi connectivity index (χ1n) is 3.84. The number of rotatable bonds is 2. The summed E-state index contributed by atoms with van der Waals surface area (Å²) in [5.41, 5.74) is 0.390.